The molecule has 0 aliphatic carbocycles. The van der Waals surface area contributed by atoms with E-state index in [2.05, 4.69) is 20.6 Å². The zero-order valence-electron chi connectivity index (χ0n) is 13.0. The summed E-state index contributed by atoms with van der Waals surface area (Å²) in [5.41, 5.74) is 6.52. The molecule has 0 saturated heterocycles. The summed E-state index contributed by atoms with van der Waals surface area (Å²) in [4.78, 5) is 41.5. The topological polar surface area (TPSA) is 130 Å². The van der Waals surface area contributed by atoms with Crippen molar-refractivity contribution in [2.75, 3.05) is 0 Å². The Kier molecular flexibility index (Phi) is 6.71. The summed E-state index contributed by atoms with van der Waals surface area (Å²) >= 11 is 0. The largest absolute Gasteiger partial charge is 0.348 e. The van der Waals surface area contributed by atoms with E-state index in [1.165, 1.54) is 6.33 Å². The van der Waals surface area contributed by atoms with Crippen LogP contribution in [0.4, 0.5) is 0 Å². The van der Waals surface area contributed by atoms with Gasteiger partial charge >= 0.3 is 0 Å². The molecule has 1 heterocycles. The minimum Gasteiger partial charge on any atom is -0.348 e. The van der Waals surface area contributed by atoms with Crippen LogP contribution in [0.25, 0.3) is 0 Å². The first kappa shape index (κ1) is 17.8. The first-order valence-electron chi connectivity index (χ1n) is 7.14. The van der Waals surface area contributed by atoms with Gasteiger partial charge in [0.25, 0.3) is 0 Å². The zero-order chi connectivity index (χ0) is 16.7. The number of aromatic amines is 1. The predicted octanol–water partition coefficient (Wildman–Crippen LogP) is -0.876. The minimum absolute atomic E-state index is 0.0213. The maximum absolute atomic E-state index is 12.0. The van der Waals surface area contributed by atoms with Crippen molar-refractivity contribution in [3.05, 3.63) is 18.2 Å². The summed E-state index contributed by atoms with van der Waals surface area (Å²) in [6.45, 7) is 5.18. The quantitative estimate of drug-likeness (QED) is 0.463. The number of amides is 2. The lowest BCUT2D eigenvalue weighted by Gasteiger charge is -2.21. The van der Waals surface area contributed by atoms with Crippen LogP contribution in [-0.2, 0) is 20.8 Å². The van der Waals surface area contributed by atoms with Crippen LogP contribution in [0.3, 0.4) is 0 Å². The Balaban J connectivity index is 2.48. The highest BCUT2D eigenvalue weighted by Gasteiger charge is 2.23. The Bertz CT molecular complexity index is 501. The van der Waals surface area contributed by atoms with Gasteiger partial charge in [0, 0.05) is 18.3 Å². The molecule has 0 saturated carbocycles. The smallest absolute Gasteiger partial charge is 0.242 e. The van der Waals surface area contributed by atoms with Gasteiger partial charge in [0.1, 0.15) is 12.3 Å². The van der Waals surface area contributed by atoms with Gasteiger partial charge < -0.3 is 26.1 Å². The molecule has 0 aromatic carbocycles. The average molecular weight is 309 g/mol. The van der Waals surface area contributed by atoms with E-state index in [-0.39, 0.29) is 5.92 Å². The van der Waals surface area contributed by atoms with Gasteiger partial charge in [0.15, 0.2) is 0 Å². The molecule has 0 aliphatic rings. The molecule has 0 aliphatic heterocycles. The van der Waals surface area contributed by atoms with Crippen molar-refractivity contribution >= 4 is 18.1 Å². The Hall–Kier alpha value is -2.22. The molecule has 8 heteroatoms. The Labute approximate surface area is 129 Å². The lowest BCUT2D eigenvalue weighted by molar-refractivity contribution is -0.130. The maximum Gasteiger partial charge on any atom is 0.242 e. The maximum atomic E-state index is 12.0. The molecular formula is C14H23N5O3. The van der Waals surface area contributed by atoms with Crippen molar-refractivity contribution in [2.24, 2.45) is 11.7 Å². The van der Waals surface area contributed by atoms with Crippen LogP contribution in [0.5, 0.6) is 0 Å². The summed E-state index contributed by atoms with van der Waals surface area (Å²) in [5.74, 6) is -0.885. The summed E-state index contributed by atoms with van der Waals surface area (Å²) in [6, 6.07) is -2.14. The fourth-order valence-electron chi connectivity index (χ4n) is 1.76. The number of rotatable bonds is 8. The normalized spacial score (nSPS) is 15.0. The number of carbonyl (C=O) groups is 3. The fourth-order valence-corrected chi connectivity index (χ4v) is 1.76. The molecule has 0 fully saturated rings. The van der Waals surface area contributed by atoms with E-state index in [0.29, 0.717) is 12.7 Å². The molecule has 0 unspecified atom stereocenters. The van der Waals surface area contributed by atoms with E-state index in [1.807, 2.05) is 13.8 Å². The molecule has 2 amide bonds. The van der Waals surface area contributed by atoms with Crippen LogP contribution in [0.15, 0.2) is 12.5 Å². The molecular weight excluding hydrogens is 286 g/mol. The van der Waals surface area contributed by atoms with Crippen molar-refractivity contribution < 1.29 is 14.4 Å². The van der Waals surface area contributed by atoms with Crippen LogP contribution in [0.1, 0.15) is 26.5 Å². The molecule has 5 N–H and O–H groups in total. The number of H-pyrrole nitrogens is 1. The molecule has 22 heavy (non-hydrogen) atoms. The minimum atomic E-state index is -0.789. The SMILES string of the molecule is CC(C)[C@@H](C=O)NC(=O)[C@@H](C)NC(=O)[C@@H](N)Cc1cnc[nH]1. The number of aldehydes is 1. The van der Waals surface area contributed by atoms with Crippen molar-refractivity contribution in [2.45, 2.75) is 45.3 Å². The van der Waals surface area contributed by atoms with Gasteiger partial charge in [0.05, 0.1) is 18.4 Å². The van der Waals surface area contributed by atoms with Crippen molar-refractivity contribution in [1.82, 2.24) is 20.6 Å². The van der Waals surface area contributed by atoms with Crippen LogP contribution in [-0.4, -0.2) is 46.2 Å². The Morgan fingerprint density at radius 3 is 2.50 bits per heavy atom. The van der Waals surface area contributed by atoms with Crippen molar-refractivity contribution in [1.29, 1.82) is 0 Å². The van der Waals surface area contributed by atoms with E-state index < -0.39 is 29.9 Å². The number of nitrogens with two attached hydrogens (primary N) is 1. The van der Waals surface area contributed by atoms with Gasteiger partial charge in [-0.1, -0.05) is 13.8 Å². The van der Waals surface area contributed by atoms with Crippen LogP contribution in [0, 0.1) is 5.92 Å². The monoisotopic (exact) mass is 309 g/mol. The summed E-state index contributed by atoms with van der Waals surface area (Å²) in [5, 5.41) is 5.11. The number of hydrogen-bond acceptors (Lipinski definition) is 5. The van der Waals surface area contributed by atoms with E-state index in [0.717, 1.165) is 5.69 Å². The number of nitrogens with zero attached hydrogens (tertiary/aromatic N) is 1. The Morgan fingerprint density at radius 2 is 2.00 bits per heavy atom. The number of aromatic nitrogens is 2. The van der Waals surface area contributed by atoms with E-state index in [9.17, 15) is 14.4 Å². The first-order valence-corrected chi connectivity index (χ1v) is 7.14. The summed E-state index contributed by atoms with van der Waals surface area (Å²) in [6.07, 6.45) is 4.06. The predicted molar refractivity (Wildman–Crippen MR) is 80.7 cm³/mol. The van der Waals surface area contributed by atoms with Gasteiger partial charge in [-0.3, -0.25) is 9.59 Å². The van der Waals surface area contributed by atoms with Crippen LogP contribution < -0.4 is 16.4 Å². The highest BCUT2D eigenvalue weighted by molar-refractivity contribution is 5.90. The molecule has 0 bridgehead atoms. The lowest BCUT2D eigenvalue weighted by Crippen LogP contribution is -2.53. The molecule has 0 spiro atoms. The standard InChI is InChI=1S/C14H23N5O3/c1-8(2)12(6-20)19-13(21)9(3)18-14(22)11(15)4-10-5-16-7-17-10/h5-9,11-12H,4,15H2,1-3H3,(H,16,17)(H,18,22)(H,19,21)/t9-,11+,12-/m1/s1. The molecule has 0 radical (unpaired) electrons. The van der Waals surface area contributed by atoms with Crippen molar-refractivity contribution in [3.8, 4) is 0 Å². The van der Waals surface area contributed by atoms with Crippen molar-refractivity contribution in [3.63, 3.8) is 0 Å². The van der Waals surface area contributed by atoms with Gasteiger partial charge in [-0.2, -0.15) is 0 Å². The fraction of sp³-hybridized carbons (Fsp3) is 0.571. The van der Waals surface area contributed by atoms with Crippen LogP contribution in [0.2, 0.25) is 0 Å². The summed E-state index contributed by atoms with van der Waals surface area (Å²) in [7, 11) is 0. The second kappa shape index (κ2) is 8.28. The summed E-state index contributed by atoms with van der Waals surface area (Å²) < 4.78 is 0. The third-order valence-corrected chi connectivity index (χ3v) is 3.26. The van der Waals surface area contributed by atoms with Gasteiger partial charge in [-0.05, 0) is 12.8 Å². The molecule has 1 rings (SSSR count). The molecule has 1 aromatic heterocycles. The lowest BCUT2D eigenvalue weighted by atomic mass is 10.1. The molecule has 3 atom stereocenters. The van der Waals surface area contributed by atoms with Gasteiger partial charge in [-0.15, -0.1) is 0 Å². The average Bonchev–Trinajstić information content (AvgIpc) is 2.96. The highest BCUT2D eigenvalue weighted by Crippen LogP contribution is 2.00. The highest BCUT2D eigenvalue weighted by atomic mass is 16.2. The third-order valence-electron chi connectivity index (χ3n) is 3.26. The number of imidazole rings is 1. The van der Waals surface area contributed by atoms with Gasteiger partial charge in [-0.25, -0.2) is 4.98 Å². The third kappa shape index (κ3) is 5.28. The number of carbonyl (C=O) groups excluding carboxylic acids is 3. The Morgan fingerprint density at radius 1 is 1.32 bits per heavy atom. The number of nitrogens with one attached hydrogen (secondary N) is 3. The zero-order valence-corrected chi connectivity index (χ0v) is 13.0. The number of hydrogen-bond donors (Lipinski definition) is 4. The second-order valence-corrected chi connectivity index (χ2v) is 5.53. The van der Waals surface area contributed by atoms with E-state index >= 15 is 0 Å². The van der Waals surface area contributed by atoms with Crippen LogP contribution >= 0.6 is 0 Å². The molecule has 1 aromatic rings. The van der Waals surface area contributed by atoms with Gasteiger partial charge in [0.2, 0.25) is 11.8 Å². The van der Waals surface area contributed by atoms with E-state index in [1.54, 1.807) is 13.1 Å². The first-order chi connectivity index (χ1) is 10.3. The van der Waals surface area contributed by atoms with E-state index in [4.69, 9.17) is 5.73 Å². The molecule has 122 valence electrons. The molecule has 8 nitrogen and oxygen atoms in total. The second-order valence-electron chi connectivity index (χ2n) is 5.53.